The van der Waals surface area contributed by atoms with Crippen LogP contribution in [-0.4, -0.2) is 24.0 Å². The summed E-state index contributed by atoms with van der Waals surface area (Å²) in [5, 5.41) is 12.5. The summed E-state index contributed by atoms with van der Waals surface area (Å²) in [5.41, 5.74) is 0.992. The highest BCUT2D eigenvalue weighted by Gasteiger charge is 2.24. The van der Waals surface area contributed by atoms with Crippen molar-refractivity contribution in [3.63, 3.8) is 0 Å². The van der Waals surface area contributed by atoms with Gasteiger partial charge in [0.05, 0.1) is 18.9 Å². The SMILES string of the molecule is CCOC(=O)CC(C[N+](=O)[O-])c1sccc1C. The van der Waals surface area contributed by atoms with E-state index in [1.54, 1.807) is 6.92 Å². The van der Waals surface area contributed by atoms with Crippen LogP contribution in [0.25, 0.3) is 0 Å². The molecule has 0 aliphatic carbocycles. The van der Waals surface area contributed by atoms with Crippen LogP contribution in [0, 0.1) is 17.0 Å². The van der Waals surface area contributed by atoms with Crippen molar-refractivity contribution in [3.05, 3.63) is 32.0 Å². The summed E-state index contributed by atoms with van der Waals surface area (Å²) >= 11 is 1.45. The average molecular weight is 257 g/mol. The van der Waals surface area contributed by atoms with E-state index in [1.165, 1.54) is 11.3 Å². The maximum Gasteiger partial charge on any atom is 0.306 e. The minimum absolute atomic E-state index is 0.0656. The zero-order valence-corrected chi connectivity index (χ0v) is 10.7. The number of aryl methyl sites for hydroxylation is 1. The largest absolute Gasteiger partial charge is 0.466 e. The lowest BCUT2D eigenvalue weighted by Crippen LogP contribution is -2.17. The number of nitrogens with zero attached hydrogens (tertiary/aromatic N) is 1. The van der Waals surface area contributed by atoms with Crippen LogP contribution in [0.4, 0.5) is 0 Å². The Morgan fingerprint density at radius 2 is 2.35 bits per heavy atom. The van der Waals surface area contributed by atoms with Gasteiger partial charge in [0.1, 0.15) is 0 Å². The lowest BCUT2D eigenvalue weighted by atomic mass is 10.0. The summed E-state index contributed by atoms with van der Waals surface area (Å²) < 4.78 is 4.83. The van der Waals surface area contributed by atoms with Gasteiger partial charge in [0.2, 0.25) is 6.54 Å². The Hall–Kier alpha value is -1.43. The Balaban J connectivity index is 2.77. The molecule has 1 aromatic heterocycles. The Kier molecular flexibility index (Phi) is 5.09. The van der Waals surface area contributed by atoms with Gasteiger partial charge in [-0.15, -0.1) is 11.3 Å². The van der Waals surface area contributed by atoms with Crippen LogP contribution >= 0.6 is 11.3 Å². The molecule has 94 valence electrons. The summed E-state index contributed by atoms with van der Waals surface area (Å²) in [4.78, 5) is 22.5. The van der Waals surface area contributed by atoms with Crippen molar-refractivity contribution in [2.75, 3.05) is 13.2 Å². The van der Waals surface area contributed by atoms with Crippen LogP contribution < -0.4 is 0 Å². The highest BCUT2D eigenvalue weighted by Crippen LogP contribution is 2.28. The van der Waals surface area contributed by atoms with Crippen molar-refractivity contribution in [2.45, 2.75) is 26.2 Å². The predicted molar refractivity (Wildman–Crippen MR) is 64.9 cm³/mol. The molecule has 0 aliphatic rings. The molecule has 0 bridgehead atoms. The lowest BCUT2D eigenvalue weighted by Gasteiger charge is -2.11. The van der Waals surface area contributed by atoms with Crippen LogP contribution in [0.2, 0.25) is 0 Å². The number of hydrogen-bond acceptors (Lipinski definition) is 5. The molecule has 0 saturated carbocycles. The van der Waals surface area contributed by atoms with Gasteiger partial charge in [-0.3, -0.25) is 14.9 Å². The van der Waals surface area contributed by atoms with Gasteiger partial charge in [-0.2, -0.15) is 0 Å². The summed E-state index contributed by atoms with van der Waals surface area (Å²) in [5.74, 6) is -0.767. The van der Waals surface area contributed by atoms with E-state index >= 15 is 0 Å². The quantitative estimate of drug-likeness (QED) is 0.445. The topological polar surface area (TPSA) is 69.4 Å². The molecule has 1 heterocycles. The van der Waals surface area contributed by atoms with Crippen LogP contribution in [0.1, 0.15) is 29.7 Å². The van der Waals surface area contributed by atoms with E-state index in [4.69, 9.17) is 4.74 Å². The van der Waals surface area contributed by atoms with Gasteiger partial charge in [0.25, 0.3) is 0 Å². The first-order valence-electron chi connectivity index (χ1n) is 5.36. The highest BCUT2D eigenvalue weighted by atomic mass is 32.1. The number of hydrogen-bond donors (Lipinski definition) is 0. The third kappa shape index (κ3) is 4.14. The predicted octanol–water partition coefficient (Wildman–Crippen LogP) is 2.37. The zero-order chi connectivity index (χ0) is 12.8. The standard InChI is InChI=1S/C11H15NO4S/c1-3-16-10(13)6-9(7-12(14)15)11-8(2)4-5-17-11/h4-5,9H,3,6-7H2,1-2H3. The molecule has 5 nitrogen and oxygen atoms in total. The maximum absolute atomic E-state index is 11.4. The maximum atomic E-state index is 11.4. The average Bonchev–Trinajstić information content (AvgIpc) is 2.63. The van der Waals surface area contributed by atoms with Gasteiger partial charge in [0, 0.05) is 9.80 Å². The Bertz CT molecular complexity index is 402. The third-order valence-electron chi connectivity index (χ3n) is 2.36. The van der Waals surface area contributed by atoms with Gasteiger partial charge in [-0.25, -0.2) is 0 Å². The van der Waals surface area contributed by atoms with E-state index in [0.29, 0.717) is 6.61 Å². The molecule has 6 heteroatoms. The summed E-state index contributed by atoms with van der Waals surface area (Å²) in [6.07, 6.45) is 0.0656. The fourth-order valence-corrected chi connectivity index (χ4v) is 2.67. The molecule has 0 fully saturated rings. The monoisotopic (exact) mass is 257 g/mol. The minimum Gasteiger partial charge on any atom is -0.466 e. The van der Waals surface area contributed by atoms with Crippen molar-refractivity contribution in [2.24, 2.45) is 0 Å². The Morgan fingerprint density at radius 3 is 2.82 bits per heavy atom. The van der Waals surface area contributed by atoms with Crippen molar-refractivity contribution in [1.82, 2.24) is 0 Å². The van der Waals surface area contributed by atoms with Crippen LogP contribution in [0.3, 0.4) is 0 Å². The fraction of sp³-hybridized carbons (Fsp3) is 0.545. The molecule has 1 rings (SSSR count). The number of thiophene rings is 1. The number of nitro groups is 1. The van der Waals surface area contributed by atoms with Crippen molar-refractivity contribution in [3.8, 4) is 0 Å². The molecule has 1 aromatic rings. The molecule has 0 aromatic carbocycles. The first-order chi connectivity index (χ1) is 8.04. The van der Waals surface area contributed by atoms with Gasteiger partial charge in [-0.05, 0) is 30.9 Å². The van der Waals surface area contributed by atoms with E-state index in [-0.39, 0.29) is 29.8 Å². The molecular weight excluding hydrogens is 242 g/mol. The Labute approximate surface area is 104 Å². The molecule has 0 aliphatic heterocycles. The number of carbonyl (C=O) groups is 1. The second-order valence-electron chi connectivity index (χ2n) is 3.69. The normalized spacial score (nSPS) is 12.1. The molecule has 0 amide bonds. The number of rotatable bonds is 6. The van der Waals surface area contributed by atoms with Crippen molar-refractivity contribution >= 4 is 17.3 Å². The van der Waals surface area contributed by atoms with E-state index in [1.807, 2.05) is 18.4 Å². The second kappa shape index (κ2) is 6.34. The molecule has 1 unspecified atom stereocenters. The first-order valence-corrected chi connectivity index (χ1v) is 6.24. The molecule has 0 saturated heterocycles. The minimum atomic E-state index is -0.386. The van der Waals surface area contributed by atoms with Crippen LogP contribution in [0.5, 0.6) is 0 Å². The van der Waals surface area contributed by atoms with E-state index in [9.17, 15) is 14.9 Å². The molecule has 17 heavy (non-hydrogen) atoms. The van der Waals surface area contributed by atoms with Crippen molar-refractivity contribution in [1.29, 1.82) is 0 Å². The lowest BCUT2D eigenvalue weighted by molar-refractivity contribution is -0.483. The fourth-order valence-electron chi connectivity index (χ4n) is 1.64. The zero-order valence-electron chi connectivity index (χ0n) is 9.84. The smallest absolute Gasteiger partial charge is 0.306 e. The number of ether oxygens (including phenoxy) is 1. The molecule has 1 atom stereocenters. The highest BCUT2D eigenvalue weighted by molar-refractivity contribution is 7.10. The van der Waals surface area contributed by atoms with E-state index < -0.39 is 0 Å². The van der Waals surface area contributed by atoms with E-state index in [2.05, 4.69) is 0 Å². The summed E-state index contributed by atoms with van der Waals surface area (Å²) in [7, 11) is 0. The summed E-state index contributed by atoms with van der Waals surface area (Å²) in [6, 6.07) is 1.90. The summed E-state index contributed by atoms with van der Waals surface area (Å²) in [6.45, 7) is 3.67. The van der Waals surface area contributed by atoms with Crippen molar-refractivity contribution < 1.29 is 14.5 Å². The van der Waals surface area contributed by atoms with Crippen LogP contribution in [-0.2, 0) is 9.53 Å². The molecular formula is C11H15NO4S. The number of esters is 1. The van der Waals surface area contributed by atoms with Gasteiger partial charge >= 0.3 is 5.97 Å². The van der Waals surface area contributed by atoms with E-state index in [0.717, 1.165) is 10.4 Å². The molecule has 0 N–H and O–H groups in total. The molecule has 0 radical (unpaired) electrons. The second-order valence-corrected chi connectivity index (χ2v) is 4.64. The Morgan fingerprint density at radius 1 is 1.65 bits per heavy atom. The molecule has 0 spiro atoms. The number of carbonyl (C=O) groups excluding carboxylic acids is 1. The van der Waals surface area contributed by atoms with Gasteiger partial charge in [-0.1, -0.05) is 0 Å². The van der Waals surface area contributed by atoms with Gasteiger partial charge in [0.15, 0.2) is 0 Å². The first kappa shape index (κ1) is 13.6. The third-order valence-corrected chi connectivity index (χ3v) is 3.54. The van der Waals surface area contributed by atoms with Gasteiger partial charge < -0.3 is 4.74 Å². The van der Waals surface area contributed by atoms with Crippen LogP contribution in [0.15, 0.2) is 11.4 Å².